The number of hydrogen-bond acceptors (Lipinski definition) is 2. The molecule has 0 bridgehead atoms. The van der Waals surface area contributed by atoms with Crippen LogP contribution >= 0.6 is 0 Å². The molecule has 0 spiro atoms. The van der Waals surface area contributed by atoms with Crippen molar-refractivity contribution < 1.29 is 22.6 Å². The van der Waals surface area contributed by atoms with E-state index in [1.54, 1.807) is 18.2 Å². The highest BCUT2D eigenvalue weighted by atomic mass is 19.4. The van der Waals surface area contributed by atoms with E-state index in [0.717, 1.165) is 11.1 Å². The molecular formula is C23H19F3O2. The molecule has 1 aliphatic heterocycles. The van der Waals surface area contributed by atoms with E-state index in [-0.39, 0.29) is 5.56 Å². The Hall–Kier alpha value is -2.63. The molecule has 0 aliphatic carbocycles. The molecule has 1 saturated heterocycles. The van der Waals surface area contributed by atoms with Crippen molar-refractivity contribution in [2.45, 2.75) is 30.6 Å². The number of rotatable bonds is 4. The van der Waals surface area contributed by atoms with Crippen molar-refractivity contribution in [3.8, 4) is 0 Å². The summed E-state index contributed by atoms with van der Waals surface area (Å²) < 4.78 is 53.7. The number of alkyl halides is 3. The molecule has 0 N–H and O–H groups in total. The Morgan fingerprint density at radius 1 is 0.607 bits per heavy atom. The molecule has 1 aliphatic rings. The molecule has 0 radical (unpaired) electrons. The summed E-state index contributed by atoms with van der Waals surface area (Å²) in [4.78, 5) is 0. The van der Waals surface area contributed by atoms with Crippen LogP contribution in [0.5, 0.6) is 0 Å². The van der Waals surface area contributed by atoms with E-state index >= 15 is 0 Å². The van der Waals surface area contributed by atoms with Gasteiger partial charge in [0, 0.05) is 0 Å². The molecule has 5 heteroatoms. The van der Waals surface area contributed by atoms with Gasteiger partial charge in [0.25, 0.3) is 0 Å². The van der Waals surface area contributed by atoms with Crippen LogP contribution in [0.25, 0.3) is 0 Å². The van der Waals surface area contributed by atoms with E-state index in [1.165, 1.54) is 12.1 Å². The van der Waals surface area contributed by atoms with Crippen LogP contribution in [0.4, 0.5) is 13.2 Å². The smallest absolute Gasteiger partial charge is 0.341 e. The molecule has 1 fully saturated rings. The fourth-order valence-corrected chi connectivity index (χ4v) is 3.57. The fraction of sp³-hybridized carbons (Fsp3) is 0.217. The highest BCUT2D eigenvalue weighted by Crippen LogP contribution is 2.50. The average molecular weight is 384 g/mol. The van der Waals surface area contributed by atoms with E-state index in [2.05, 4.69) is 0 Å². The molecule has 2 nitrogen and oxygen atoms in total. The van der Waals surface area contributed by atoms with E-state index in [0.29, 0.717) is 0 Å². The highest BCUT2D eigenvalue weighted by molar-refractivity contribution is 5.28. The second-order valence-corrected chi connectivity index (χ2v) is 6.73. The molecule has 0 aromatic heterocycles. The van der Waals surface area contributed by atoms with Crippen LogP contribution in [0.15, 0.2) is 91.0 Å². The maximum absolute atomic E-state index is 14.0. The van der Waals surface area contributed by atoms with Gasteiger partial charge in [-0.05, 0) is 16.7 Å². The van der Waals surface area contributed by atoms with Gasteiger partial charge in [0.15, 0.2) is 6.29 Å². The molecule has 3 aromatic carbocycles. The second-order valence-electron chi connectivity index (χ2n) is 6.73. The predicted octanol–water partition coefficient (Wildman–Crippen LogP) is 6.19. The first kappa shape index (κ1) is 18.7. The Bertz CT molecular complexity index is 834. The first-order chi connectivity index (χ1) is 13.5. The van der Waals surface area contributed by atoms with Crippen molar-refractivity contribution in [2.75, 3.05) is 0 Å². The van der Waals surface area contributed by atoms with Gasteiger partial charge in [0.2, 0.25) is 0 Å². The minimum atomic E-state index is -4.50. The average Bonchev–Trinajstić information content (AvgIpc) is 3.14. The van der Waals surface area contributed by atoms with Crippen molar-refractivity contribution in [1.29, 1.82) is 0 Å². The zero-order valence-corrected chi connectivity index (χ0v) is 14.9. The van der Waals surface area contributed by atoms with Crippen LogP contribution in [-0.4, -0.2) is 12.5 Å². The Morgan fingerprint density at radius 2 is 1.00 bits per heavy atom. The topological polar surface area (TPSA) is 18.5 Å². The summed E-state index contributed by atoms with van der Waals surface area (Å²) in [5.41, 5.74) is 1.70. The van der Waals surface area contributed by atoms with Crippen LogP contribution < -0.4 is 0 Å². The normalized spacial score (nSPS) is 21.5. The van der Waals surface area contributed by atoms with Gasteiger partial charge in [-0.2, -0.15) is 13.2 Å². The van der Waals surface area contributed by atoms with E-state index in [9.17, 15) is 13.2 Å². The summed E-state index contributed by atoms with van der Waals surface area (Å²) in [5.74, 6) is -1.87. The van der Waals surface area contributed by atoms with Gasteiger partial charge in [0.05, 0.1) is 0 Å². The Morgan fingerprint density at radius 3 is 1.39 bits per heavy atom. The van der Waals surface area contributed by atoms with Crippen LogP contribution in [0, 0.1) is 0 Å². The number of hydrogen-bond donors (Lipinski definition) is 0. The van der Waals surface area contributed by atoms with Crippen molar-refractivity contribution >= 4 is 0 Å². The molecule has 28 heavy (non-hydrogen) atoms. The third-order valence-electron chi connectivity index (χ3n) is 4.88. The zero-order chi connectivity index (χ0) is 19.6. The first-order valence-electron chi connectivity index (χ1n) is 9.06. The summed E-state index contributed by atoms with van der Waals surface area (Å²) in [6, 6.07) is 26.2. The molecule has 0 amide bonds. The van der Waals surface area contributed by atoms with Crippen molar-refractivity contribution in [1.82, 2.24) is 0 Å². The van der Waals surface area contributed by atoms with E-state index in [4.69, 9.17) is 9.47 Å². The van der Waals surface area contributed by atoms with Crippen molar-refractivity contribution in [2.24, 2.45) is 0 Å². The van der Waals surface area contributed by atoms with Crippen molar-refractivity contribution in [3.63, 3.8) is 0 Å². The Labute approximate surface area is 161 Å². The largest absolute Gasteiger partial charge is 0.400 e. The lowest BCUT2D eigenvalue weighted by molar-refractivity contribution is -0.213. The SMILES string of the molecule is FC(F)(F)[C@H](c1ccccc1)C1O[C@H](c2ccccc2)[C@@H](c2ccccc2)O1. The van der Waals surface area contributed by atoms with Gasteiger partial charge in [-0.1, -0.05) is 91.0 Å². The lowest BCUT2D eigenvalue weighted by Gasteiger charge is -2.25. The van der Waals surface area contributed by atoms with Gasteiger partial charge >= 0.3 is 6.18 Å². The first-order valence-corrected chi connectivity index (χ1v) is 9.06. The second kappa shape index (κ2) is 7.78. The van der Waals surface area contributed by atoms with E-state index in [1.807, 2.05) is 60.7 Å². The Balaban J connectivity index is 1.72. The van der Waals surface area contributed by atoms with Crippen LogP contribution in [0.2, 0.25) is 0 Å². The molecule has 3 aromatic rings. The molecule has 0 saturated carbocycles. The van der Waals surface area contributed by atoms with Crippen LogP contribution in [0.1, 0.15) is 34.8 Å². The third kappa shape index (κ3) is 3.81. The van der Waals surface area contributed by atoms with Crippen molar-refractivity contribution in [3.05, 3.63) is 108 Å². The summed E-state index contributed by atoms with van der Waals surface area (Å²) >= 11 is 0. The van der Waals surface area contributed by atoms with Crippen LogP contribution in [0.3, 0.4) is 0 Å². The molecule has 0 unspecified atom stereocenters. The van der Waals surface area contributed by atoms with Gasteiger partial charge in [-0.25, -0.2) is 0 Å². The number of benzene rings is 3. The summed E-state index contributed by atoms with van der Waals surface area (Å²) in [7, 11) is 0. The highest BCUT2D eigenvalue weighted by Gasteiger charge is 2.52. The maximum atomic E-state index is 14.0. The summed E-state index contributed by atoms with van der Waals surface area (Å²) in [5, 5.41) is 0. The molecule has 1 heterocycles. The lowest BCUT2D eigenvalue weighted by atomic mass is 9.98. The minimum absolute atomic E-state index is 0.125. The van der Waals surface area contributed by atoms with Gasteiger partial charge < -0.3 is 9.47 Å². The summed E-state index contributed by atoms with van der Waals surface area (Å²) in [6.45, 7) is 0. The Kier molecular flexibility index (Phi) is 5.20. The number of halogens is 3. The summed E-state index contributed by atoms with van der Waals surface area (Å²) in [6.07, 6.45) is -7.18. The van der Waals surface area contributed by atoms with Crippen LogP contribution in [-0.2, 0) is 9.47 Å². The van der Waals surface area contributed by atoms with E-state index < -0.39 is 30.6 Å². The molecular weight excluding hydrogens is 365 g/mol. The molecule has 3 atom stereocenters. The fourth-order valence-electron chi connectivity index (χ4n) is 3.57. The van der Waals surface area contributed by atoms with Gasteiger partial charge in [-0.15, -0.1) is 0 Å². The third-order valence-corrected chi connectivity index (χ3v) is 4.88. The maximum Gasteiger partial charge on any atom is 0.400 e. The number of ether oxygens (including phenoxy) is 2. The predicted molar refractivity (Wildman–Crippen MR) is 99.6 cm³/mol. The minimum Gasteiger partial charge on any atom is -0.341 e. The van der Waals surface area contributed by atoms with Gasteiger partial charge in [0.1, 0.15) is 18.1 Å². The molecule has 144 valence electrons. The zero-order valence-electron chi connectivity index (χ0n) is 14.9. The monoisotopic (exact) mass is 384 g/mol. The lowest BCUT2D eigenvalue weighted by Crippen LogP contribution is -2.32. The molecule has 4 rings (SSSR count). The quantitative estimate of drug-likeness (QED) is 0.534. The van der Waals surface area contributed by atoms with Gasteiger partial charge in [-0.3, -0.25) is 0 Å². The standard InChI is InChI=1S/C23H19F3O2/c24-23(25,26)19(16-10-4-1-5-11-16)22-27-20(17-12-6-2-7-13-17)21(28-22)18-14-8-3-9-15-18/h1-15,19-22H/t19-,20-,21-/m1/s1.